The van der Waals surface area contributed by atoms with E-state index in [0.29, 0.717) is 16.9 Å². The van der Waals surface area contributed by atoms with E-state index in [2.05, 4.69) is 36.3 Å². The number of hydrogen-bond acceptors (Lipinski definition) is 6. The highest BCUT2D eigenvalue weighted by molar-refractivity contribution is 9.10. The number of aromatic carboxylic acids is 1. The van der Waals surface area contributed by atoms with Gasteiger partial charge in [-0.05, 0) is 28.1 Å². The highest BCUT2D eigenvalue weighted by atomic mass is 79.9. The van der Waals surface area contributed by atoms with Crippen LogP contribution in [0.2, 0.25) is 0 Å². The highest BCUT2D eigenvalue weighted by Crippen LogP contribution is 2.18. The third kappa shape index (κ3) is 2.75. The second kappa shape index (κ2) is 5.72. The molecule has 0 radical (unpaired) electrons. The molecule has 0 bridgehead atoms. The second-order valence-electron chi connectivity index (χ2n) is 4.57. The third-order valence-corrected chi connectivity index (χ3v) is 3.63. The van der Waals surface area contributed by atoms with E-state index in [0.717, 1.165) is 10.7 Å². The molecule has 9 nitrogen and oxygen atoms in total. The van der Waals surface area contributed by atoms with Gasteiger partial charge in [-0.15, -0.1) is 5.10 Å². The summed E-state index contributed by atoms with van der Waals surface area (Å²) in [5.41, 5.74) is 0.945. The molecule has 0 fully saturated rings. The Morgan fingerprint density at radius 2 is 2.04 bits per heavy atom. The molecular formula is C13H9BrN6O3. The number of pyridine rings is 1. The summed E-state index contributed by atoms with van der Waals surface area (Å²) in [7, 11) is 1.72. The van der Waals surface area contributed by atoms with Crippen molar-refractivity contribution < 1.29 is 9.90 Å². The maximum Gasteiger partial charge on any atom is 0.356 e. The van der Waals surface area contributed by atoms with Crippen LogP contribution >= 0.6 is 15.9 Å². The van der Waals surface area contributed by atoms with E-state index in [1.165, 1.54) is 6.20 Å². The molecule has 3 aromatic rings. The number of carboxylic acid groups (broad SMARTS) is 1. The molecule has 0 saturated carbocycles. The van der Waals surface area contributed by atoms with Crippen molar-refractivity contribution in [3.05, 3.63) is 51.2 Å². The van der Waals surface area contributed by atoms with E-state index in [1.54, 1.807) is 30.2 Å². The minimum atomic E-state index is -1.24. The Morgan fingerprint density at radius 1 is 1.26 bits per heavy atom. The lowest BCUT2D eigenvalue weighted by atomic mass is 10.2. The van der Waals surface area contributed by atoms with Gasteiger partial charge in [-0.25, -0.2) is 9.48 Å². The maximum atomic E-state index is 12.2. The van der Waals surface area contributed by atoms with Crippen molar-refractivity contribution in [2.24, 2.45) is 7.05 Å². The fraction of sp³-hybridized carbons (Fsp3) is 0.0769. The van der Waals surface area contributed by atoms with Crippen LogP contribution in [0, 0.1) is 0 Å². The molecule has 3 aromatic heterocycles. The van der Waals surface area contributed by atoms with Gasteiger partial charge in [-0.3, -0.25) is 9.78 Å². The van der Waals surface area contributed by atoms with E-state index in [1.807, 2.05) is 0 Å². The Bertz CT molecular complexity index is 964. The molecule has 3 rings (SSSR count). The number of carboxylic acids is 1. The molecule has 116 valence electrons. The number of carbonyl (C=O) groups is 1. The van der Waals surface area contributed by atoms with Crippen LogP contribution in [0.25, 0.3) is 16.9 Å². The van der Waals surface area contributed by atoms with Gasteiger partial charge in [-0.1, -0.05) is 5.21 Å². The van der Waals surface area contributed by atoms with Crippen LogP contribution in [0.5, 0.6) is 0 Å². The molecule has 0 saturated heterocycles. The summed E-state index contributed by atoms with van der Waals surface area (Å²) in [5.74, 6) is -1.24. The highest BCUT2D eigenvalue weighted by Gasteiger charge is 2.14. The SMILES string of the molecule is Cn1nncc1-c1cncc(-n2nc(C(=O)O)cc(Br)c2=O)c1. The van der Waals surface area contributed by atoms with Gasteiger partial charge in [0.2, 0.25) is 0 Å². The molecule has 0 unspecified atom stereocenters. The summed E-state index contributed by atoms with van der Waals surface area (Å²) in [6, 6.07) is 2.81. The van der Waals surface area contributed by atoms with Crippen LogP contribution in [0.4, 0.5) is 0 Å². The van der Waals surface area contributed by atoms with E-state index in [9.17, 15) is 9.59 Å². The molecule has 0 atom stereocenters. The standard InChI is InChI=1S/C13H9BrN6O3/c1-19-11(6-16-18-19)7-2-8(5-15-4-7)20-12(21)9(14)3-10(17-20)13(22)23/h2-6H,1H3,(H,22,23). The van der Waals surface area contributed by atoms with Crippen molar-refractivity contribution in [3.8, 4) is 16.9 Å². The summed E-state index contributed by atoms with van der Waals surface area (Å²) >= 11 is 3.05. The number of aromatic nitrogens is 6. The van der Waals surface area contributed by atoms with Gasteiger partial charge in [0.05, 0.1) is 28.2 Å². The Labute approximate surface area is 137 Å². The Morgan fingerprint density at radius 3 is 2.70 bits per heavy atom. The minimum absolute atomic E-state index is 0.0949. The molecule has 3 heterocycles. The van der Waals surface area contributed by atoms with Gasteiger partial charge in [0, 0.05) is 18.8 Å². The topological polar surface area (TPSA) is 116 Å². The molecule has 0 spiro atoms. The normalized spacial score (nSPS) is 10.7. The summed E-state index contributed by atoms with van der Waals surface area (Å²) in [6.45, 7) is 0. The zero-order chi connectivity index (χ0) is 16.6. The first-order chi connectivity index (χ1) is 11.0. The van der Waals surface area contributed by atoms with Gasteiger partial charge in [-0.2, -0.15) is 9.78 Å². The van der Waals surface area contributed by atoms with Crippen molar-refractivity contribution in [1.82, 2.24) is 29.8 Å². The van der Waals surface area contributed by atoms with Gasteiger partial charge in [0.25, 0.3) is 5.56 Å². The number of halogens is 1. The van der Waals surface area contributed by atoms with Crippen molar-refractivity contribution in [1.29, 1.82) is 0 Å². The van der Waals surface area contributed by atoms with E-state index < -0.39 is 11.5 Å². The van der Waals surface area contributed by atoms with E-state index >= 15 is 0 Å². The van der Waals surface area contributed by atoms with Crippen molar-refractivity contribution in [3.63, 3.8) is 0 Å². The van der Waals surface area contributed by atoms with Crippen LogP contribution in [-0.2, 0) is 7.05 Å². The minimum Gasteiger partial charge on any atom is -0.476 e. The largest absolute Gasteiger partial charge is 0.476 e. The van der Waals surface area contributed by atoms with Gasteiger partial charge >= 0.3 is 5.97 Å². The molecule has 10 heteroatoms. The quantitative estimate of drug-likeness (QED) is 0.720. The number of hydrogen-bond donors (Lipinski definition) is 1. The monoisotopic (exact) mass is 376 g/mol. The van der Waals surface area contributed by atoms with Crippen LogP contribution in [0.1, 0.15) is 10.5 Å². The smallest absolute Gasteiger partial charge is 0.356 e. The predicted molar refractivity (Wildman–Crippen MR) is 82.3 cm³/mol. The number of aryl methyl sites for hydroxylation is 1. The maximum absolute atomic E-state index is 12.2. The Kier molecular flexibility index (Phi) is 3.74. The van der Waals surface area contributed by atoms with Crippen LogP contribution < -0.4 is 5.56 Å². The lowest BCUT2D eigenvalue weighted by Gasteiger charge is -2.08. The van der Waals surface area contributed by atoms with Crippen molar-refractivity contribution in [2.75, 3.05) is 0 Å². The zero-order valence-electron chi connectivity index (χ0n) is 11.7. The van der Waals surface area contributed by atoms with Gasteiger partial charge in [0.15, 0.2) is 5.69 Å². The average Bonchev–Trinajstić information content (AvgIpc) is 2.96. The van der Waals surface area contributed by atoms with Crippen LogP contribution in [0.3, 0.4) is 0 Å². The van der Waals surface area contributed by atoms with Crippen molar-refractivity contribution in [2.45, 2.75) is 0 Å². The van der Waals surface area contributed by atoms with Gasteiger partial charge < -0.3 is 5.11 Å². The van der Waals surface area contributed by atoms with Gasteiger partial charge in [0.1, 0.15) is 0 Å². The summed E-state index contributed by atoms with van der Waals surface area (Å²) in [4.78, 5) is 27.4. The molecular weight excluding hydrogens is 368 g/mol. The number of rotatable bonds is 3. The second-order valence-corrected chi connectivity index (χ2v) is 5.43. The zero-order valence-corrected chi connectivity index (χ0v) is 13.3. The first-order valence-electron chi connectivity index (χ1n) is 6.31. The predicted octanol–water partition coefficient (Wildman–Crippen LogP) is 0.884. The molecule has 0 aromatic carbocycles. The number of nitrogens with zero attached hydrogens (tertiary/aromatic N) is 6. The van der Waals surface area contributed by atoms with Crippen LogP contribution in [0.15, 0.2) is 40.0 Å². The van der Waals surface area contributed by atoms with E-state index in [-0.39, 0.29) is 10.2 Å². The first kappa shape index (κ1) is 15.0. The Hall–Kier alpha value is -2.88. The third-order valence-electron chi connectivity index (χ3n) is 3.07. The molecule has 0 amide bonds. The lowest BCUT2D eigenvalue weighted by Crippen LogP contribution is -2.24. The average molecular weight is 377 g/mol. The summed E-state index contributed by atoms with van der Waals surface area (Å²) in [5, 5.41) is 20.5. The summed E-state index contributed by atoms with van der Waals surface area (Å²) < 4.78 is 2.63. The fourth-order valence-corrected chi connectivity index (χ4v) is 2.36. The van der Waals surface area contributed by atoms with E-state index in [4.69, 9.17) is 5.11 Å². The molecule has 0 aliphatic heterocycles. The fourth-order valence-electron chi connectivity index (χ4n) is 1.98. The molecule has 1 N–H and O–H groups in total. The summed E-state index contributed by atoms with van der Waals surface area (Å²) in [6.07, 6.45) is 4.56. The molecule has 0 aliphatic carbocycles. The van der Waals surface area contributed by atoms with Crippen LogP contribution in [-0.4, -0.2) is 40.8 Å². The first-order valence-corrected chi connectivity index (χ1v) is 7.10. The van der Waals surface area contributed by atoms with Crippen molar-refractivity contribution >= 4 is 21.9 Å². The molecule has 23 heavy (non-hydrogen) atoms. The Balaban J connectivity index is 2.19. The lowest BCUT2D eigenvalue weighted by molar-refractivity contribution is 0.0688. The molecule has 0 aliphatic rings.